The van der Waals surface area contributed by atoms with Gasteiger partial charge in [0.1, 0.15) is 0 Å². The Morgan fingerprint density at radius 3 is 2.36 bits per heavy atom. The van der Waals surface area contributed by atoms with Gasteiger partial charge in [0.25, 0.3) is 5.91 Å². The van der Waals surface area contributed by atoms with Gasteiger partial charge in [0.15, 0.2) is 0 Å². The molecule has 2 aromatic rings. The third kappa shape index (κ3) is 3.93. The number of urea groups is 1. The molecule has 0 saturated carbocycles. The Kier molecular flexibility index (Phi) is 5.54. The molecular formula is C23H27N3O2. The molecule has 0 fully saturated rings. The number of amides is 3. The van der Waals surface area contributed by atoms with Crippen LogP contribution < -0.4 is 16.0 Å². The van der Waals surface area contributed by atoms with E-state index in [2.05, 4.69) is 29.8 Å². The van der Waals surface area contributed by atoms with E-state index in [-0.39, 0.29) is 11.9 Å². The van der Waals surface area contributed by atoms with Crippen molar-refractivity contribution in [2.45, 2.75) is 46.6 Å². The molecule has 3 N–H and O–H groups in total. The Hall–Kier alpha value is -3.08. The number of rotatable bonds is 4. The minimum atomic E-state index is -0.500. The Morgan fingerprint density at radius 1 is 1.04 bits per heavy atom. The average Bonchev–Trinajstić information content (AvgIpc) is 2.64. The number of hydrogen-bond acceptors (Lipinski definition) is 2. The lowest BCUT2D eigenvalue weighted by molar-refractivity contribution is -0.113. The number of benzene rings is 2. The molecule has 0 unspecified atom stereocenters. The molecule has 0 saturated heterocycles. The summed E-state index contributed by atoms with van der Waals surface area (Å²) in [7, 11) is 0. The molecule has 5 nitrogen and oxygen atoms in total. The van der Waals surface area contributed by atoms with Crippen LogP contribution in [0.25, 0.3) is 0 Å². The molecule has 146 valence electrons. The number of nitrogens with one attached hydrogen (secondary N) is 3. The van der Waals surface area contributed by atoms with Gasteiger partial charge in [-0.3, -0.25) is 4.79 Å². The van der Waals surface area contributed by atoms with Crippen molar-refractivity contribution in [3.63, 3.8) is 0 Å². The van der Waals surface area contributed by atoms with Crippen LogP contribution in [-0.2, 0) is 4.79 Å². The monoisotopic (exact) mass is 377 g/mol. The van der Waals surface area contributed by atoms with Gasteiger partial charge in [0.2, 0.25) is 0 Å². The lowest BCUT2D eigenvalue weighted by atomic mass is 9.92. The SMILES string of the molecule is CC1=C(C(=O)Nc2cccc(C)c2C)[C@@H](c2ccc(C(C)C)cc2)NC(=O)N1. The molecule has 5 heteroatoms. The molecule has 0 aromatic heterocycles. The highest BCUT2D eigenvalue weighted by Gasteiger charge is 2.31. The van der Waals surface area contributed by atoms with Gasteiger partial charge in [-0.1, -0.05) is 50.2 Å². The zero-order valence-electron chi connectivity index (χ0n) is 17.0. The van der Waals surface area contributed by atoms with Crippen LogP contribution in [0.4, 0.5) is 10.5 Å². The first-order valence-corrected chi connectivity index (χ1v) is 9.53. The summed E-state index contributed by atoms with van der Waals surface area (Å²) >= 11 is 0. The van der Waals surface area contributed by atoms with Crippen molar-refractivity contribution >= 4 is 17.6 Å². The normalized spacial score (nSPS) is 16.6. The molecule has 1 aliphatic heterocycles. The van der Waals surface area contributed by atoms with Crippen molar-refractivity contribution in [2.75, 3.05) is 5.32 Å². The summed E-state index contributed by atoms with van der Waals surface area (Å²) in [6.07, 6.45) is 0. The summed E-state index contributed by atoms with van der Waals surface area (Å²) in [6, 6.07) is 13.1. The van der Waals surface area contributed by atoms with E-state index in [1.165, 1.54) is 5.56 Å². The fraction of sp³-hybridized carbons (Fsp3) is 0.304. The molecule has 3 amide bonds. The second-order valence-electron chi connectivity index (χ2n) is 7.59. The van der Waals surface area contributed by atoms with E-state index in [0.717, 1.165) is 22.4 Å². The third-order valence-corrected chi connectivity index (χ3v) is 5.30. The van der Waals surface area contributed by atoms with E-state index in [4.69, 9.17) is 0 Å². The average molecular weight is 377 g/mol. The number of hydrogen-bond donors (Lipinski definition) is 3. The number of anilines is 1. The largest absolute Gasteiger partial charge is 0.327 e. The maximum absolute atomic E-state index is 13.1. The molecule has 3 rings (SSSR count). The van der Waals surface area contributed by atoms with Crippen LogP contribution in [0.5, 0.6) is 0 Å². The van der Waals surface area contributed by atoms with Crippen molar-refractivity contribution in [3.8, 4) is 0 Å². The van der Waals surface area contributed by atoms with Crippen LogP contribution in [-0.4, -0.2) is 11.9 Å². The van der Waals surface area contributed by atoms with Crippen LogP contribution in [0.15, 0.2) is 53.7 Å². The molecular weight excluding hydrogens is 350 g/mol. The Labute approximate surface area is 166 Å². The van der Waals surface area contributed by atoms with Crippen LogP contribution >= 0.6 is 0 Å². The minimum Gasteiger partial charge on any atom is -0.327 e. The third-order valence-electron chi connectivity index (χ3n) is 5.30. The van der Waals surface area contributed by atoms with Crippen molar-refractivity contribution in [2.24, 2.45) is 0 Å². The van der Waals surface area contributed by atoms with Crippen molar-refractivity contribution in [3.05, 3.63) is 76.0 Å². The van der Waals surface area contributed by atoms with Gasteiger partial charge in [-0.15, -0.1) is 0 Å². The Bertz CT molecular complexity index is 943. The minimum absolute atomic E-state index is 0.225. The van der Waals surface area contributed by atoms with Gasteiger partial charge >= 0.3 is 6.03 Å². The van der Waals surface area contributed by atoms with E-state index in [1.54, 1.807) is 6.92 Å². The summed E-state index contributed by atoms with van der Waals surface area (Å²) in [5.41, 5.74) is 6.08. The van der Waals surface area contributed by atoms with E-state index in [9.17, 15) is 9.59 Å². The number of aryl methyl sites for hydroxylation is 1. The number of carbonyl (C=O) groups excluding carboxylic acids is 2. The smallest absolute Gasteiger partial charge is 0.319 e. The summed E-state index contributed by atoms with van der Waals surface area (Å²) < 4.78 is 0. The maximum atomic E-state index is 13.1. The van der Waals surface area contributed by atoms with E-state index < -0.39 is 6.04 Å². The molecule has 1 heterocycles. The van der Waals surface area contributed by atoms with Crippen molar-refractivity contribution in [1.82, 2.24) is 10.6 Å². The summed E-state index contributed by atoms with van der Waals surface area (Å²) in [4.78, 5) is 25.2. The van der Waals surface area contributed by atoms with Gasteiger partial charge in [-0.25, -0.2) is 4.79 Å². The fourth-order valence-electron chi connectivity index (χ4n) is 3.39. The predicted molar refractivity (Wildman–Crippen MR) is 112 cm³/mol. The summed E-state index contributed by atoms with van der Waals surface area (Å²) in [6.45, 7) is 10.0. The van der Waals surface area contributed by atoms with Gasteiger partial charge in [0, 0.05) is 11.4 Å². The quantitative estimate of drug-likeness (QED) is 0.723. The lowest BCUT2D eigenvalue weighted by Crippen LogP contribution is -2.46. The van der Waals surface area contributed by atoms with E-state index in [1.807, 2.05) is 56.3 Å². The molecule has 28 heavy (non-hydrogen) atoms. The van der Waals surface area contributed by atoms with Crippen LogP contribution in [0.1, 0.15) is 55.0 Å². The van der Waals surface area contributed by atoms with E-state index in [0.29, 0.717) is 17.2 Å². The van der Waals surface area contributed by atoms with Gasteiger partial charge in [0.05, 0.1) is 11.6 Å². The molecule has 0 aliphatic carbocycles. The zero-order valence-corrected chi connectivity index (χ0v) is 17.0. The van der Waals surface area contributed by atoms with E-state index >= 15 is 0 Å². The highest BCUT2D eigenvalue weighted by atomic mass is 16.2. The van der Waals surface area contributed by atoms with Gasteiger partial charge in [-0.2, -0.15) is 0 Å². The maximum Gasteiger partial charge on any atom is 0.319 e. The van der Waals surface area contributed by atoms with Crippen molar-refractivity contribution < 1.29 is 9.59 Å². The Balaban J connectivity index is 1.95. The Morgan fingerprint density at radius 2 is 1.71 bits per heavy atom. The van der Waals surface area contributed by atoms with Crippen molar-refractivity contribution in [1.29, 1.82) is 0 Å². The fourth-order valence-corrected chi connectivity index (χ4v) is 3.39. The van der Waals surface area contributed by atoms with Crippen LogP contribution in [0.3, 0.4) is 0 Å². The zero-order chi connectivity index (χ0) is 20.4. The molecule has 0 bridgehead atoms. The molecule has 2 aromatic carbocycles. The summed E-state index contributed by atoms with van der Waals surface area (Å²) in [5, 5.41) is 8.61. The first-order valence-electron chi connectivity index (χ1n) is 9.53. The van der Waals surface area contributed by atoms with Gasteiger partial charge in [-0.05, 0) is 55.0 Å². The molecule has 0 radical (unpaired) electrons. The molecule has 1 aliphatic rings. The molecule has 1 atom stereocenters. The highest BCUT2D eigenvalue weighted by molar-refractivity contribution is 6.07. The standard InChI is InChI=1S/C23H27N3O2/c1-13(2)17-9-11-18(12-10-17)21-20(16(5)24-23(28)26-21)22(27)25-19-8-6-7-14(3)15(19)4/h6-13,21H,1-5H3,(H,25,27)(H2,24,26,28)/t21-/m1/s1. The van der Waals surface area contributed by atoms with Crippen LogP contribution in [0.2, 0.25) is 0 Å². The highest BCUT2D eigenvalue weighted by Crippen LogP contribution is 2.29. The number of allylic oxidation sites excluding steroid dienone is 1. The topological polar surface area (TPSA) is 70.2 Å². The second kappa shape index (κ2) is 7.89. The first-order chi connectivity index (χ1) is 13.3. The summed E-state index contributed by atoms with van der Waals surface area (Å²) in [5.74, 6) is 0.192. The predicted octanol–water partition coefficient (Wildman–Crippen LogP) is 4.69. The molecule has 0 spiro atoms. The number of carbonyl (C=O) groups is 2. The first kappa shape index (κ1) is 19.7. The lowest BCUT2D eigenvalue weighted by Gasteiger charge is -2.29. The second-order valence-corrected chi connectivity index (χ2v) is 7.59. The van der Waals surface area contributed by atoms with Crippen LogP contribution in [0, 0.1) is 13.8 Å². The van der Waals surface area contributed by atoms with Gasteiger partial charge < -0.3 is 16.0 Å².